The molecule has 4 rings (SSSR count). The molecule has 2 aliphatic heterocycles. The molecule has 0 aromatic carbocycles. The van der Waals surface area contributed by atoms with Gasteiger partial charge < -0.3 is 20.2 Å². The minimum absolute atomic E-state index is 0.0384. The predicted octanol–water partition coefficient (Wildman–Crippen LogP) is 2.04. The summed E-state index contributed by atoms with van der Waals surface area (Å²) in [7, 11) is 0. The molecule has 0 aliphatic carbocycles. The van der Waals surface area contributed by atoms with Gasteiger partial charge in [0.2, 0.25) is 5.95 Å². The Morgan fingerprint density at radius 3 is 2.54 bits per heavy atom. The van der Waals surface area contributed by atoms with Crippen molar-refractivity contribution in [2.45, 2.75) is 38.1 Å². The standard InChI is InChI=1S/C19H25N7O2/c27-18(28)15-12-16(24-19(23-15)26-8-2-1-3-9-26)22-14-5-10-25(11-6-14)17-4-7-20-13-21-17/h4,7,12-14H,1-3,5-6,8-11H2,(H,27,28)(H,22,23,24). The molecule has 2 aliphatic rings. The largest absolute Gasteiger partial charge is 0.477 e. The maximum absolute atomic E-state index is 11.5. The first-order valence-electron chi connectivity index (χ1n) is 9.84. The van der Waals surface area contributed by atoms with Crippen molar-refractivity contribution in [2.24, 2.45) is 0 Å². The Morgan fingerprint density at radius 1 is 1.07 bits per heavy atom. The lowest BCUT2D eigenvalue weighted by atomic mass is 10.1. The summed E-state index contributed by atoms with van der Waals surface area (Å²) in [6.45, 7) is 3.51. The van der Waals surface area contributed by atoms with Gasteiger partial charge in [0.1, 0.15) is 18.0 Å². The minimum Gasteiger partial charge on any atom is -0.477 e. The number of carboxylic acid groups (broad SMARTS) is 1. The van der Waals surface area contributed by atoms with Crippen molar-refractivity contribution in [1.29, 1.82) is 0 Å². The molecule has 4 heterocycles. The Balaban J connectivity index is 1.44. The first kappa shape index (κ1) is 18.4. The van der Waals surface area contributed by atoms with Gasteiger partial charge in [-0.15, -0.1) is 0 Å². The molecule has 148 valence electrons. The number of carbonyl (C=O) groups is 1. The highest BCUT2D eigenvalue weighted by Gasteiger charge is 2.22. The quantitative estimate of drug-likeness (QED) is 0.802. The molecule has 2 fully saturated rings. The molecule has 9 nitrogen and oxygen atoms in total. The van der Waals surface area contributed by atoms with E-state index < -0.39 is 5.97 Å². The highest BCUT2D eigenvalue weighted by Crippen LogP contribution is 2.22. The molecular weight excluding hydrogens is 358 g/mol. The Kier molecular flexibility index (Phi) is 5.50. The number of hydrogen-bond donors (Lipinski definition) is 2. The maximum atomic E-state index is 11.5. The molecule has 0 amide bonds. The zero-order valence-electron chi connectivity index (χ0n) is 15.8. The van der Waals surface area contributed by atoms with Crippen LogP contribution in [0.4, 0.5) is 17.6 Å². The van der Waals surface area contributed by atoms with Gasteiger partial charge in [0.25, 0.3) is 0 Å². The van der Waals surface area contributed by atoms with Crippen molar-refractivity contribution in [2.75, 3.05) is 41.3 Å². The molecule has 0 bridgehead atoms. The number of piperidine rings is 2. The van der Waals surface area contributed by atoms with Crippen molar-refractivity contribution >= 4 is 23.6 Å². The van der Waals surface area contributed by atoms with Crippen LogP contribution in [0.5, 0.6) is 0 Å². The molecule has 0 radical (unpaired) electrons. The molecule has 2 aromatic heterocycles. The molecule has 2 saturated heterocycles. The van der Waals surface area contributed by atoms with E-state index in [0.29, 0.717) is 11.8 Å². The predicted molar refractivity (Wildman–Crippen MR) is 106 cm³/mol. The maximum Gasteiger partial charge on any atom is 0.354 e. The van der Waals surface area contributed by atoms with Crippen LogP contribution in [0.15, 0.2) is 24.7 Å². The number of aromatic carboxylic acids is 1. The van der Waals surface area contributed by atoms with Crippen LogP contribution in [0.1, 0.15) is 42.6 Å². The summed E-state index contributed by atoms with van der Waals surface area (Å²) in [6, 6.07) is 3.69. The SMILES string of the molecule is O=C(O)c1cc(NC2CCN(c3ccncn3)CC2)nc(N2CCCCC2)n1. The summed E-state index contributed by atoms with van der Waals surface area (Å²) < 4.78 is 0. The summed E-state index contributed by atoms with van der Waals surface area (Å²) in [4.78, 5) is 33.0. The molecule has 2 aromatic rings. The van der Waals surface area contributed by atoms with Crippen molar-refractivity contribution in [3.63, 3.8) is 0 Å². The van der Waals surface area contributed by atoms with Crippen molar-refractivity contribution in [3.8, 4) is 0 Å². The lowest BCUT2D eigenvalue weighted by Crippen LogP contribution is -2.39. The second-order valence-electron chi connectivity index (χ2n) is 7.26. The molecule has 0 unspecified atom stereocenters. The average Bonchev–Trinajstić information content (AvgIpc) is 2.75. The summed E-state index contributed by atoms with van der Waals surface area (Å²) in [5, 5.41) is 12.9. The van der Waals surface area contributed by atoms with Gasteiger partial charge in [-0.2, -0.15) is 4.98 Å². The Labute approximate surface area is 163 Å². The van der Waals surface area contributed by atoms with Gasteiger partial charge >= 0.3 is 5.97 Å². The van der Waals surface area contributed by atoms with Crippen LogP contribution in [0.3, 0.4) is 0 Å². The third kappa shape index (κ3) is 4.29. The summed E-state index contributed by atoms with van der Waals surface area (Å²) >= 11 is 0. The summed E-state index contributed by atoms with van der Waals surface area (Å²) in [5.41, 5.74) is 0.0384. The highest BCUT2D eigenvalue weighted by atomic mass is 16.4. The molecule has 9 heteroatoms. The molecule has 0 spiro atoms. The van der Waals surface area contributed by atoms with Crippen LogP contribution >= 0.6 is 0 Å². The highest BCUT2D eigenvalue weighted by molar-refractivity contribution is 5.86. The second-order valence-corrected chi connectivity index (χ2v) is 7.26. The van der Waals surface area contributed by atoms with Crippen LogP contribution in [-0.4, -0.2) is 63.2 Å². The monoisotopic (exact) mass is 383 g/mol. The van der Waals surface area contributed by atoms with E-state index in [1.165, 1.54) is 12.5 Å². The zero-order chi connectivity index (χ0) is 19.3. The lowest BCUT2D eigenvalue weighted by molar-refractivity contribution is 0.0690. The molecule has 2 N–H and O–H groups in total. The van der Waals surface area contributed by atoms with Gasteiger partial charge in [0.05, 0.1) is 0 Å². The average molecular weight is 383 g/mol. The van der Waals surface area contributed by atoms with Gasteiger partial charge in [0.15, 0.2) is 5.69 Å². The number of nitrogens with one attached hydrogen (secondary N) is 1. The number of nitrogens with zero attached hydrogens (tertiary/aromatic N) is 6. The van der Waals surface area contributed by atoms with Crippen LogP contribution in [0.2, 0.25) is 0 Å². The topological polar surface area (TPSA) is 107 Å². The van der Waals surface area contributed by atoms with Gasteiger partial charge in [-0.3, -0.25) is 0 Å². The van der Waals surface area contributed by atoms with Gasteiger partial charge in [0, 0.05) is 44.5 Å². The van der Waals surface area contributed by atoms with E-state index in [1.807, 2.05) is 6.07 Å². The summed E-state index contributed by atoms with van der Waals surface area (Å²) in [6.07, 6.45) is 8.55. The Morgan fingerprint density at radius 2 is 1.86 bits per heavy atom. The Bertz CT molecular complexity index is 803. The molecule has 28 heavy (non-hydrogen) atoms. The fraction of sp³-hybridized carbons (Fsp3) is 0.526. The van der Waals surface area contributed by atoms with E-state index in [9.17, 15) is 9.90 Å². The van der Waals surface area contributed by atoms with E-state index in [4.69, 9.17) is 0 Å². The third-order valence-electron chi connectivity index (χ3n) is 5.31. The van der Waals surface area contributed by atoms with E-state index in [2.05, 4.69) is 35.1 Å². The van der Waals surface area contributed by atoms with Gasteiger partial charge in [-0.1, -0.05) is 0 Å². The fourth-order valence-corrected chi connectivity index (χ4v) is 3.79. The fourth-order valence-electron chi connectivity index (χ4n) is 3.79. The van der Waals surface area contributed by atoms with Crippen LogP contribution < -0.4 is 15.1 Å². The normalized spacial score (nSPS) is 18.1. The summed E-state index contributed by atoms with van der Waals surface area (Å²) in [5.74, 6) is 1.02. The van der Waals surface area contributed by atoms with E-state index in [-0.39, 0.29) is 11.7 Å². The number of carboxylic acids is 1. The number of hydrogen-bond acceptors (Lipinski definition) is 8. The zero-order valence-corrected chi connectivity index (χ0v) is 15.8. The third-order valence-corrected chi connectivity index (χ3v) is 5.31. The molecular formula is C19H25N7O2. The Hall–Kier alpha value is -2.97. The van der Waals surface area contributed by atoms with E-state index in [1.54, 1.807) is 12.5 Å². The van der Waals surface area contributed by atoms with Crippen LogP contribution in [-0.2, 0) is 0 Å². The minimum atomic E-state index is -1.03. The van der Waals surface area contributed by atoms with E-state index in [0.717, 1.165) is 57.7 Å². The number of anilines is 3. The van der Waals surface area contributed by atoms with Crippen LogP contribution in [0, 0.1) is 0 Å². The van der Waals surface area contributed by atoms with Crippen molar-refractivity contribution in [1.82, 2.24) is 19.9 Å². The van der Waals surface area contributed by atoms with Crippen molar-refractivity contribution in [3.05, 3.63) is 30.4 Å². The first-order valence-corrected chi connectivity index (χ1v) is 9.84. The molecule has 0 saturated carbocycles. The second kappa shape index (κ2) is 8.37. The smallest absolute Gasteiger partial charge is 0.354 e. The van der Waals surface area contributed by atoms with Crippen molar-refractivity contribution < 1.29 is 9.90 Å². The first-order chi connectivity index (χ1) is 13.7. The molecule has 0 atom stereocenters. The van der Waals surface area contributed by atoms with E-state index >= 15 is 0 Å². The lowest BCUT2D eigenvalue weighted by Gasteiger charge is -2.33. The van der Waals surface area contributed by atoms with Crippen LogP contribution in [0.25, 0.3) is 0 Å². The van der Waals surface area contributed by atoms with Gasteiger partial charge in [-0.05, 0) is 38.2 Å². The number of aromatic nitrogens is 4. The number of rotatable bonds is 5. The van der Waals surface area contributed by atoms with Gasteiger partial charge in [-0.25, -0.2) is 19.7 Å².